The summed E-state index contributed by atoms with van der Waals surface area (Å²) in [6.45, 7) is 3.01. The zero-order valence-electron chi connectivity index (χ0n) is 14.3. The van der Waals surface area contributed by atoms with E-state index in [9.17, 15) is 4.79 Å². The highest BCUT2D eigenvalue weighted by molar-refractivity contribution is 7.99. The van der Waals surface area contributed by atoms with E-state index < -0.39 is 0 Å². The molecule has 0 spiro atoms. The quantitative estimate of drug-likeness (QED) is 0.610. The first-order chi connectivity index (χ1) is 13.2. The summed E-state index contributed by atoms with van der Waals surface area (Å²) in [5.41, 5.74) is 0.726. The van der Waals surface area contributed by atoms with Crippen molar-refractivity contribution >= 4 is 34.1 Å². The highest BCUT2D eigenvalue weighted by Gasteiger charge is 2.16. The fourth-order valence-electron chi connectivity index (χ4n) is 2.33. The highest BCUT2D eigenvalue weighted by Crippen LogP contribution is 2.32. The summed E-state index contributed by atoms with van der Waals surface area (Å²) >= 11 is 2.59. The van der Waals surface area contributed by atoms with Gasteiger partial charge in [-0.25, -0.2) is 0 Å². The van der Waals surface area contributed by atoms with Crippen LogP contribution in [0.3, 0.4) is 0 Å². The fraction of sp³-hybridized carbons (Fsp3) is 0.333. The second kappa shape index (κ2) is 7.88. The summed E-state index contributed by atoms with van der Waals surface area (Å²) in [4.78, 5) is 12.1. The Morgan fingerprint density at radius 1 is 1.26 bits per heavy atom. The molecule has 0 bridgehead atoms. The molecule has 1 aromatic carbocycles. The summed E-state index contributed by atoms with van der Waals surface area (Å²) in [6, 6.07) is 5.46. The first-order valence-electron chi connectivity index (χ1n) is 8.16. The molecule has 140 valence electrons. The Bertz CT molecular complexity index is 959. The molecule has 1 amide bonds. The smallest absolute Gasteiger partial charge is 0.236 e. The SMILES string of the molecule is CCc1nnc(NC(=O)CSc2nnnn2-c2ccc3c(c2)OCCO3)s1. The third-order valence-corrected chi connectivity index (χ3v) is 5.46. The van der Waals surface area contributed by atoms with E-state index in [-0.39, 0.29) is 11.7 Å². The van der Waals surface area contributed by atoms with Crippen molar-refractivity contribution in [1.29, 1.82) is 0 Å². The van der Waals surface area contributed by atoms with Gasteiger partial charge in [0.15, 0.2) is 11.5 Å². The molecule has 10 nitrogen and oxygen atoms in total. The summed E-state index contributed by atoms with van der Waals surface area (Å²) in [5, 5.41) is 24.2. The summed E-state index contributed by atoms with van der Waals surface area (Å²) in [6.07, 6.45) is 0.784. The van der Waals surface area contributed by atoms with E-state index in [1.807, 2.05) is 25.1 Å². The third kappa shape index (κ3) is 4.01. The number of aryl methyl sites for hydroxylation is 1. The third-order valence-electron chi connectivity index (χ3n) is 3.56. The van der Waals surface area contributed by atoms with Gasteiger partial charge in [0.2, 0.25) is 16.2 Å². The molecule has 1 N–H and O–H groups in total. The van der Waals surface area contributed by atoms with Gasteiger partial charge < -0.3 is 9.47 Å². The Morgan fingerprint density at radius 2 is 2.11 bits per heavy atom. The molecule has 0 fully saturated rings. The Hall–Kier alpha value is -2.73. The molecule has 0 aliphatic carbocycles. The van der Waals surface area contributed by atoms with Gasteiger partial charge in [-0.1, -0.05) is 30.0 Å². The average Bonchev–Trinajstić information content (AvgIpc) is 3.35. The molecule has 3 heterocycles. The zero-order valence-corrected chi connectivity index (χ0v) is 15.9. The summed E-state index contributed by atoms with van der Waals surface area (Å²) < 4.78 is 12.7. The lowest BCUT2D eigenvalue weighted by Crippen LogP contribution is -2.16. The number of rotatable bonds is 6. The lowest BCUT2D eigenvalue weighted by molar-refractivity contribution is -0.113. The number of hydrogen-bond donors (Lipinski definition) is 1. The predicted octanol–water partition coefficient (Wildman–Crippen LogP) is 1.58. The largest absolute Gasteiger partial charge is 0.486 e. The molecule has 0 saturated carbocycles. The molecule has 2 aromatic heterocycles. The Morgan fingerprint density at radius 3 is 2.93 bits per heavy atom. The number of carbonyl (C=O) groups is 1. The van der Waals surface area contributed by atoms with E-state index in [1.165, 1.54) is 23.1 Å². The number of anilines is 1. The van der Waals surface area contributed by atoms with Crippen LogP contribution < -0.4 is 14.8 Å². The first-order valence-corrected chi connectivity index (χ1v) is 9.96. The molecule has 27 heavy (non-hydrogen) atoms. The summed E-state index contributed by atoms with van der Waals surface area (Å²) in [7, 11) is 0. The lowest BCUT2D eigenvalue weighted by Gasteiger charge is -2.18. The molecule has 4 rings (SSSR count). The fourth-order valence-corrected chi connectivity index (χ4v) is 3.71. The van der Waals surface area contributed by atoms with Gasteiger partial charge in [-0.2, -0.15) is 4.68 Å². The van der Waals surface area contributed by atoms with Gasteiger partial charge >= 0.3 is 0 Å². The maximum atomic E-state index is 12.1. The number of nitrogens with one attached hydrogen (secondary N) is 1. The standard InChI is InChI=1S/C15H15N7O3S2/c1-2-13-17-18-14(27-13)16-12(23)8-26-15-19-20-21-22(15)9-3-4-10-11(7-9)25-6-5-24-10/h3-4,7H,2,5-6,8H2,1H3,(H,16,18,23). The van der Waals surface area contributed by atoms with Crippen LogP contribution in [0, 0.1) is 0 Å². The van der Waals surface area contributed by atoms with Gasteiger partial charge in [0.1, 0.15) is 18.2 Å². The van der Waals surface area contributed by atoms with Gasteiger partial charge in [0.05, 0.1) is 11.4 Å². The Labute approximate surface area is 162 Å². The van der Waals surface area contributed by atoms with Crippen LogP contribution in [0.4, 0.5) is 5.13 Å². The van der Waals surface area contributed by atoms with E-state index in [0.717, 1.165) is 17.1 Å². The number of fused-ring (bicyclic) bond motifs is 1. The van der Waals surface area contributed by atoms with E-state index in [2.05, 4.69) is 31.0 Å². The van der Waals surface area contributed by atoms with Crippen LogP contribution in [0.15, 0.2) is 23.4 Å². The molecule has 1 aliphatic heterocycles. The van der Waals surface area contributed by atoms with Gasteiger partial charge in [-0.3, -0.25) is 10.1 Å². The first kappa shape index (κ1) is 17.7. The van der Waals surface area contributed by atoms with Crippen molar-refractivity contribution < 1.29 is 14.3 Å². The number of carbonyl (C=O) groups excluding carboxylic acids is 1. The van der Waals surface area contributed by atoms with Crippen molar-refractivity contribution in [2.75, 3.05) is 24.3 Å². The number of nitrogens with zero attached hydrogens (tertiary/aromatic N) is 6. The van der Waals surface area contributed by atoms with Crippen LogP contribution in [0.1, 0.15) is 11.9 Å². The van der Waals surface area contributed by atoms with E-state index in [1.54, 1.807) is 4.68 Å². The number of aromatic nitrogens is 6. The number of thioether (sulfide) groups is 1. The van der Waals surface area contributed by atoms with E-state index >= 15 is 0 Å². The van der Waals surface area contributed by atoms with Crippen molar-refractivity contribution in [2.24, 2.45) is 0 Å². The van der Waals surface area contributed by atoms with Gasteiger partial charge in [0, 0.05) is 6.07 Å². The molecule has 0 unspecified atom stereocenters. The molecular formula is C15H15N7O3S2. The molecule has 1 aliphatic rings. The molecule has 12 heteroatoms. The molecule has 3 aromatic rings. The van der Waals surface area contributed by atoms with Crippen LogP contribution in [0.5, 0.6) is 11.5 Å². The molecule has 0 saturated heterocycles. The van der Waals surface area contributed by atoms with Gasteiger partial charge in [-0.05, 0) is 29.0 Å². The lowest BCUT2D eigenvalue weighted by atomic mass is 10.2. The van der Waals surface area contributed by atoms with Crippen LogP contribution in [0.25, 0.3) is 5.69 Å². The predicted molar refractivity (Wildman–Crippen MR) is 98.8 cm³/mol. The average molecular weight is 405 g/mol. The van der Waals surface area contributed by atoms with Crippen molar-refractivity contribution in [3.63, 3.8) is 0 Å². The molecule has 0 radical (unpaired) electrons. The van der Waals surface area contributed by atoms with Crippen molar-refractivity contribution in [2.45, 2.75) is 18.5 Å². The van der Waals surface area contributed by atoms with Gasteiger partial charge in [-0.15, -0.1) is 15.3 Å². The van der Waals surface area contributed by atoms with Crippen LogP contribution in [0.2, 0.25) is 0 Å². The van der Waals surface area contributed by atoms with E-state index in [4.69, 9.17) is 9.47 Å². The minimum absolute atomic E-state index is 0.145. The summed E-state index contributed by atoms with van der Waals surface area (Å²) in [5.74, 6) is 1.28. The second-order valence-electron chi connectivity index (χ2n) is 5.39. The normalized spacial score (nSPS) is 12.8. The van der Waals surface area contributed by atoms with E-state index in [0.29, 0.717) is 35.0 Å². The minimum atomic E-state index is -0.199. The Balaban J connectivity index is 1.42. The van der Waals surface area contributed by atoms with Gasteiger partial charge in [0.25, 0.3) is 0 Å². The zero-order chi connectivity index (χ0) is 18.6. The minimum Gasteiger partial charge on any atom is -0.486 e. The maximum absolute atomic E-state index is 12.1. The number of amides is 1. The monoisotopic (exact) mass is 405 g/mol. The number of tetrazole rings is 1. The van der Waals surface area contributed by atoms with Crippen molar-refractivity contribution in [3.05, 3.63) is 23.2 Å². The van der Waals surface area contributed by atoms with Crippen LogP contribution in [-0.2, 0) is 11.2 Å². The highest BCUT2D eigenvalue weighted by atomic mass is 32.2. The Kier molecular flexibility index (Phi) is 5.16. The molecular weight excluding hydrogens is 390 g/mol. The van der Waals surface area contributed by atoms with Crippen LogP contribution in [-0.4, -0.2) is 55.3 Å². The maximum Gasteiger partial charge on any atom is 0.236 e. The topological polar surface area (TPSA) is 117 Å². The number of hydrogen-bond acceptors (Lipinski definition) is 10. The van der Waals surface area contributed by atoms with Crippen molar-refractivity contribution in [3.8, 4) is 17.2 Å². The molecule has 0 atom stereocenters. The number of ether oxygens (including phenoxy) is 2. The van der Waals surface area contributed by atoms with Crippen molar-refractivity contribution in [1.82, 2.24) is 30.4 Å². The number of benzene rings is 1. The van der Waals surface area contributed by atoms with Crippen LogP contribution >= 0.6 is 23.1 Å². The second-order valence-corrected chi connectivity index (χ2v) is 7.40.